The number of ether oxygens (including phenoxy) is 1. The lowest BCUT2D eigenvalue weighted by atomic mass is 10.1. The highest BCUT2D eigenvalue weighted by Crippen LogP contribution is 2.33. The van der Waals surface area contributed by atoms with E-state index in [9.17, 15) is 0 Å². The van der Waals surface area contributed by atoms with Crippen molar-refractivity contribution in [3.8, 4) is 11.5 Å². The van der Waals surface area contributed by atoms with Crippen molar-refractivity contribution >= 4 is 39.5 Å². The summed E-state index contributed by atoms with van der Waals surface area (Å²) in [7, 11) is 3.64. The van der Waals surface area contributed by atoms with Crippen molar-refractivity contribution in [1.29, 1.82) is 0 Å². The molecule has 0 bridgehead atoms. The summed E-state index contributed by atoms with van der Waals surface area (Å²) in [6.07, 6.45) is 4.70. The van der Waals surface area contributed by atoms with Crippen LogP contribution in [0.25, 0.3) is 22.1 Å². The molecule has 10 heteroatoms. The first-order valence-electron chi connectivity index (χ1n) is 9.84. The number of halogens is 1. The lowest BCUT2D eigenvalue weighted by Gasteiger charge is -2.14. The van der Waals surface area contributed by atoms with Gasteiger partial charge in [0.05, 0.1) is 29.2 Å². The number of nitrogens with zero attached hydrogens (tertiary/aromatic N) is 6. The van der Waals surface area contributed by atoms with Crippen LogP contribution >= 0.6 is 0 Å². The number of imidazole rings is 1. The smallest absolute Gasteiger partial charge is 0.223 e. The second kappa shape index (κ2) is 7.73. The average Bonchev–Trinajstić information content (AvgIpc) is 3.18. The molecule has 0 atom stereocenters. The predicted molar refractivity (Wildman–Crippen MR) is 120 cm³/mol. The van der Waals surface area contributed by atoms with Crippen molar-refractivity contribution in [3.05, 3.63) is 60.6 Å². The van der Waals surface area contributed by atoms with Gasteiger partial charge in [-0.1, -0.05) is 0 Å². The lowest BCUT2D eigenvalue weighted by molar-refractivity contribution is 0.472. The number of nitrogens with one attached hydrogen (secondary N) is 2. The second-order valence-corrected chi connectivity index (χ2v) is 7.18. The van der Waals surface area contributed by atoms with E-state index >= 15 is 4.39 Å². The normalized spacial score (nSPS) is 11.1. The zero-order chi connectivity index (χ0) is 22.2. The van der Waals surface area contributed by atoms with E-state index in [4.69, 9.17) is 4.74 Å². The van der Waals surface area contributed by atoms with Gasteiger partial charge in [0.15, 0.2) is 11.6 Å². The standard InChI is InChI=1S/C22H19FN8O/c1-12-18(32-13-4-6-17-15(8-13)28-11-31(17)3)7-5-14(19(12)23)29-21-20-16(26-10-27-21)9-25-22(24-2)30-20/h4-11H,1-3H3,(H,24,25,30)(H,26,27,29). The topological polar surface area (TPSA) is 103 Å². The fourth-order valence-corrected chi connectivity index (χ4v) is 3.37. The molecule has 32 heavy (non-hydrogen) atoms. The summed E-state index contributed by atoms with van der Waals surface area (Å²) >= 11 is 0. The molecule has 2 aromatic carbocycles. The molecule has 5 rings (SSSR count). The van der Waals surface area contributed by atoms with Crippen molar-refractivity contribution in [2.24, 2.45) is 7.05 Å². The van der Waals surface area contributed by atoms with Crippen molar-refractivity contribution in [3.63, 3.8) is 0 Å². The van der Waals surface area contributed by atoms with Crippen LogP contribution in [0.1, 0.15) is 5.56 Å². The van der Waals surface area contributed by atoms with Crippen LogP contribution < -0.4 is 15.4 Å². The van der Waals surface area contributed by atoms with E-state index in [1.54, 1.807) is 38.6 Å². The van der Waals surface area contributed by atoms with Crippen molar-refractivity contribution in [1.82, 2.24) is 29.5 Å². The van der Waals surface area contributed by atoms with Gasteiger partial charge in [-0.3, -0.25) is 0 Å². The molecule has 0 amide bonds. The van der Waals surface area contributed by atoms with E-state index < -0.39 is 5.82 Å². The van der Waals surface area contributed by atoms with Crippen LogP contribution in [0, 0.1) is 12.7 Å². The largest absolute Gasteiger partial charge is 0.457 e. The molecule has 0 aliphatic carbocycles. The maximum Gasteiger partial charge on any atom is 0.223 e. The van der Waals surface area contributed by atoms with Gasteiger partial charge in [0, 0.05) is 25.7 Å². The maximum absolute atomic E-state index is 15.2. The molecule has 0 unspecified atom stereocenters. The Morgan fingerprint density at radius 1 is 1.03 bits per heavy atom. The van der Waals surface area contributed by atoms with E-state index in [1.807, 2.05) is 29.8 Å². The molecule has 0 aliphatic rings. The Morgan fingerprint density at radius 2 is 1.91 bits per heavy atom. The van der Waals surface area contributed by atoms with Gasteiger partial charge in [-0.25, -0.2) is 29.3 Å². The van der Waals surface area contributed by atoms with Crippen LogP contribution in [0.3, 0.4) is 0 Å². The highest BCUT2D eigenvalue weighted by molar-refractivity contribution is 5.87. The van der Waals surface area contributed by atoms with Gasteiger partial charge in [0.1, 0.15) is 28.9 Å². The van der Waals surface area contributed by atoms with Crippen molar-refractivity contribution in [2.75, 3.05) is 17.7 Å². The Balaban J connectivity index is 1.45. The summed E-state index contributed by atoms with van der Waals surface area (Å²) in [5.74, 6) is 1.34. The van der Waals surface area contributed by atoms with Gasteiger partial charge < -0.3 is 19.9 Å². The number of rotatable bonds is 5. The highest BCUT2D eigenvalue weighted by atomic mass is 19.1. The number of hydrogen-bond donors (Lipinski definition) is 2. The fourth-order valence-electron chi connectivity index (χ4n) is 3.37. The number of fused-ring (bicyclic) bond motifs is 2. The first kappa shape index (κ1) is 19.6. The minimum atomic E-state index is -0.448. The molecular formula is C22H19FN8O. The van der Waals surface area contributed by atoms with E-state index in [2.05, 4.69) is 35.6 Å². The van der Waals surface area contributed by atoms with Gasteiger partial charge in [-0.2, -0.15) is 0 Å². The first-order chi connectivity index (χ1) is 15.5. The molecule has 0 radical (unpaired) electrons. The molecule has 5 aromatic rings. The molecule has 160 valence electrons. The molecule has 9 nitrogen and oxygen atoms in total. The van der Waals surface area contributed by atoms with Gasteiger partial charge in [0.25, 0.3) is 0 Å². The number of aromatic nitrogens is 6. The maximum atomic E-state index is 15.2. The zero-order valence-corrected chi connectivity index (χ0v) is 17.6. The van der Waals surface area contributed by atoms with Gasteiger partial charge in [-0.05, 0) is 31.2 Å². The summed E-state index contributed by atoms with van der Waals surface area (Å²) in [6, 6.07) is 8.89. The monoisotopic (exact) mass is 430 g/mol. The summed E-state index contributed by atoms with van der Waals surface area (Å²) in [5.41, 5.74) is 3.43. The first-order valence-corrected chi connectivity index (χ1v) is 9.84. The SMILES string of the molecule is CNc1ncc2ncnc(Nc3ccc(Oc4ccc5c(c4)ncn5C)c(C)c3F)c2n1. The third-order valence-corrected chi connectivity index (χ3v) is 5.12. The summed E-state index contributed by atoms with van der Waals surface area (Å²) < 4.78 is 23.1. The van der Waals surface area contributed by atoms with Gasteiger partial charge >= 0.3 is 0 Å². The molecule has 3 heterocycles. The third-order valence-electron chi connectivity index (χ3n) is 5.12. The van der Waals surface area contributed by atoms with Crippen LogP contribution in [0.5, 0.6) is 11.5 Å². The Hall–Kier alpha value is -4.34. The number of hydrogen-bond acceptors (Lipinski definition) is 8. The van der Waals surface area contributed by atoms with Gasteiger partial charge in [0.2, 0.25) is 5.95 Å². The molecule has 0 aliphatic heterocycles. The Kier molecular flexibility index (Phi) is 4.74. The number of aryl methyl sites for hydroxylation is 1. The fraction of sp³-hybridized carbons (Fsp3) is 0.136. The molecule has 0 spiro atoms. The summed E-state index contributed by atoms with van der Waals surface area (Å²) in [4.78, 5) is 21.2. The minimum absolute atomic E-state index is 0.250. The van der Waals surface area contributed by atoms with Crippen molar-refractivity contribution in [2.45, 2.75) is 6.92 Å². The molecule has 2 N–H and O–H groups in total. The quantitative estimate of drug-likeness (QED) is 0.425. The summed E-state index contributed by atoms with van der Waals surface area (Å²) in [5, 5.41) is 5.88. The van der Waals surface area contributed by atoms with E-state index in [-0.39, 0.29) is 5.69 Å². The summed E-state index contributed by atoms with van der Waals surface area (Å²) in [6.45, 7) is 1.66. The number of anilines is 3. The average molecular weight is 430 g/mol. The molecule has 0 saturated carbocycles. The zero-order valence-electron chi connectivity index (χ0n) is 17.6. The predicted octanol–water partition coefficient (Wildman–Crippen LogP) is 4.33. The van der Waals surface area contributed by atoms with Crippen LogP contribution in [-0.2, 0) is 7.05 Å². The number of benzene rings is 2. The minimum Gasteiger partial charge on any atom is -0.457 e. The van der Waals surface area contributed by atoms with E-state index in [0.29, 0.717) is 39.9 Å². The third kappa shape index (κ3) is 3.41. The molecule has 0 fully saturated rings. The highest BCUT2D eigenvalue weighted by Gasteiger charge is 2.15. The second-order valence-electron chi connectivity index (χ2n) is 7.18. The lowest BCUT2D eigenvalue weighted by Crippen LogP contribution is -2.03. The van der Waals surface area contributed by atoms with Crippen LogP contribution in [-0.4, -0.2) is 36.5 Å². The van der Waals surface area contributed by atoms with Gasteiger partial charge in [-0.15, -0.1) is 0 Å². The Morgan fingerprint density at radius 3 is 2.75 bits per heavy atom. The van der Waals surface area contributed by atoms with Crippen LogP contribution in [0.15, 0.2) is 49.2 Å². The van der Waals surface area contributed by atoms with Crippen LogP contribution in [0.2, 0.25) is 0 Å². The van der Waals surface area contributed by atoms with Crippen LogP contribution in [0.4, 0.5) is 21.8 Å². The Labute approximate surface area is 182 Å². The van der Waals surface area contributed by atoms with E-state index in [0.717, 1.165) is 11.0 Å². The van der Waals surface area contributed by atoms with Crippen molar-refractivity contribution < 1.29 is 9.13 Å². The molecule has 3 aromatic heterocycles. The molecular weight excluding hydrogens is 411 g/mol. The van der Waals surface area contributed by atoms with E-state index in [1.165, 1.54) is 6.33 Å². The Bertz CT molecular complexity index is 1470. The molecule has 0 saturated heterocycles.